The smallest absolute Gasteiger partial charge is 0.269 e. The van der Waals surface area contributed by atoms with E-state index >= 15 is 0 Å². The first-order valence-electron chi connectivity index (χ1n) is 8.69. The van der Waals surface area contributed by atoms with Crippen LogP contribution in [0.1, 0.15) is 75.1 Å². The number of hydrogen-bond acceptors (Lipinski definition) is 3. The molecule has 2 rings (SSSR count). The average molecular weight is 317 g/mol. The lowest BCUT2D eigenvalue weighted by Gasteiger charge is -2.36. The summed E-state index contributed by atoms with van der Waals surface area (Å²) >= 11 is 0. The Kier molecular flexibility index (Phi) is 6.56. The molecule has 5 heteroatoms. The van der Waals surface area contributed by atoms with E-state index in [1.54, 1.807) is 24.5 Å². The van der Waals surface area contributed by atoms with Gasteiger partial charge in [-0.25, -0.2) is 0 Å². The highest BCUT2D eigenvalue weighted by molar-refractivity contribution is 5.95. The topological polar surface area (TPSA) is 71.1 Å². The zero-order chi connectivity index (χ0) is 16.5. The molecule has 0 spiro atoms. The lowest BCUT2D eigenvalue weighted by atomic mass is 9.70. The highest BCUT2D eigenvalue weighted by Gasteiger charge is 2.38. The SMILES string of the molecule is CCCCCC1(C(=O)NNC(=O)c2ccncc2)CCCCC1. The maximum atomic E-state index is 12.7. The number of hydrogen-bond donors (Lipinski definition) is 2. The van der Waals surface area contributed by atoms with Gasteiger partial charge in [0, 0.05) is 18.0 Å². The highest BCUT2D eigenvalue weighted by atomic mass is 16.2. The molecule has 0 atom stereocenters. The van der Waals surface area contributed by atoms with Crippen LogP contribution >= 0.6 is 0 Å². The molecule has 1 fully saturated rings. The number of nitrogens with one attached hydrogen (secondary N) is 2. The summed E-state index contributed by atoms with van der Waals surface area (Å²) in [4.78, 5) is 28.6. The first kappa shape index (κ1) is 17.4. The van der Waals surface area contributed by atoms with Crippen molar-refractivity contribution in [3.8, 4) is 0 Å². The van der Waals surface area contributed by atoms with Crippen molar-refractivity contribution in [1.82, 2.24) is 15.8 Å². The summed E-state index contributed by atoms with van der Waals surface area (Å²) in [6.07, 6.45) is 12.6. The molecule has 5 nitrogen and oxygen atoms in total. The summed E-state index contributed by atoms with van der Waals surface area (Å²) in [7, 11) is 0. The average Bonchev–Trinajstić information content (AvgIpc) is 2.61. The van der Waals surface area contributed by atoms with Crippen LogP contribution in [0.4, 0.5) is 0 Å². The van der Waals surface area contributed by atoms with E-state index < -0.39 is 0 Å². The second-order valence-corrected chi connectivity index (χ2v) is 6.44. The Balaban J connectivity index is 1.93. The summed E-state index contributed by atoms with van der Waals surface area (Å²) < 4.78 is 0. The number of aromatic nitrogens is 1. The van der Waals surface area contributed by atoms with Gasteiger partial charge in [-0.3, -0.25) is 25.4 Å². The zero-order valence-corrected chi connectivity index (χ0v) is 13.9. The summed E-state index contributed by atoms with van der Waals surface area (Å²) in [6.45, 7) is 2.17. The van der Waals surface area contributed by atoms with E-state index in [1.165, 1.54) is 6.42 Å². The molecular formula is C18H27N3O2. The molecule has 0 bridgehead atoms. The van der Waals surface area contributed by atoms with Gasteiger partial charge in [0.15, 0.2) is 0 Å². The molecule has 0 aromatic carbocycles. The number of amides is 2. The molecule has 126 valence electrons. The largest absolute Gasteiger partial charge is 0.273 e. The minimum atomic E-state index is -0.307. The van der Waals surface area contributed by atoms with Gasteiger partial charge < -0.3 is 0 Å². The van der Waals surface area contributed by atoms with Crippen molar-refractivity contribution < 1.29 is 9.59 Å². The van der Waals surface area contributed by atoms with Crippen LogP contribution in [-0.4, -0.2) is 16.8 Å². The van der Waals surface area contributed by atoms with Crippen molar-refractivity contribution in [2.45, 2.75) is 64.7 Å². The lowest BCUT2D eigenvalue weighted by molar-refractivity contribution is -0.134. The molecule has 0 aliphatic heterocycles. The fourth-order valence-electron chi connectivity index (χ4n) is 3.35. The Morgan fingerprint density at radius 2 is 1.78 bits per heavy atom. The van der Waals surface area contributed by atoms with Gasteiger partial charge in [0.1, 0.15) is 0 Å². The van der Waals surface area contributed by atoms with E-state index in [0.717, 1.165) is 51.4 Å². The number of carbonyl (C=O) groups is 2. The number of pyridine rings is 1. The van der Waals surface area contributed by atoms with Crippen LogP contribution in [-0.2, 0) is 4.79 Å². The number of nitrogens with zero attached hydrogens (tertiary/aromatic N) is 1. The van der Waals surface area contributed by atoms with Gasteiger partial charge >= 0.3 is 0 Å². The molecular weight excluding hydrogens is 290 g/mol. The molecule has 1 aromatic rings. The van der Waals surface area contributed by atoms with Crippen LogP contribution in [0.3, 0.4) is 0 Å². The van der Waals surface area contributed by atoms with Gasteiger partial charge in [-0.2, -0.15) is 0 Å². The van der Waals surface area contributed by atoms with Crippen molar-refractivity contribution >= 4 is 11.8 Å². The van der Waals surface area contributed by atoms with Crippen LogP contribution in [0.15, 0.2) is 24.5 Å². The molecule has 23 heavy (non-hydrogen) atoms. The molecule has 1 heterocycles. The third-order valence-corrected chi connectivity index (χ3v) is 4.78. The molecule has 1 aliphatic carbocycles. The van der Waals surface area contributed by atoms with Gasteiger partial charge in [0.2, 0.25) is 5.91 Å². The Labute approximate surface area is 138 Å². The number of unbranched alkanes of at least 4 members (excludes halogenated alkanes) is 2. The van der Waals surface area contributed by atoms with Gasteiger partial charge in [-0.05, 0) is 31.4 Å². The van der Waals surface area contributed by atoms with Crippen molar-refractivity contribution in [2.75, 3.05) is 0 Å². The molecule has 2 amide bonds. The summed E-state index contributed by atoms with van der Waals surface area (Å²) in [6, 6.07) is 3.25. The fourth-order valence-corrected chi connectivity index (χ4v) is 3.35. The van der Waals surface area contributed by atoms with E-state index in [0.29, 0.717) is 5.56 Å². The van der Waals surface area contributed by atoms with Gasteiger partial charge in [0.05, 0.1) is 5.41 Å². The van der Waals surface area contributed by atoms with Crippen molar-refractivity contribution in [1.29, 1.82) is 0 Å². The van der Waals surface area contributed by atoms with Crippen LogP contribution < -0.4 is 10.9 Å². The first-order chi connectivity index (χ1) is 11.2. The predicted octanol–water partition coefficient (Wildman–Crippen LogP) is 3.37. The Bertz CT molecular complexity index is 510. The van der Waals surface area contributed by atoms with E-state index in [1.807, 2.05) is 0 Å². The second-order valence-electron chi connectivity index (χ2n) is 6.44. The molecule has 0 radical (unpaired) electrons. The van der Waals surface area contributed by atoms with E-state index in [2.05, 4.69) is 22.8 Å². The van der Waals surface area contributed by atoms with Crippen LogP contribution in [0.5, 0.6) is 0 Å². The van der Waals surface area contributed by atoms with E-state index in [-0.39, 0.29) is 17.2 Å². The predicted molar refractivity (Wildman–Crippen MR) is 89.5 cm³/mol. The Morgan fingerprint density at radius 3 is 2.43 bits per heavy atom. The second kappa shape index (κ2) is 8.65. The summed E-state index contributed by atoms with van der Waals surface area (Å²) in [5.41, 5.74) is 5.39. The standard InChI is InChI=1S/C18H27N3O2/c1-2-3-5-10-18(11-6-4-7-12-18)17(23)21-20-16(22)15-8-13-19-14-9-15/h8-9,13-14H,2-7,10-12H2,1H3,(H,20,22)(H,21,23). The molecule has 1 aliphatic rings. The Hall–Kier alpha value is -1.91. The zero-order valence-electron chi connectivity index (χ0n) is 13.9. The quantitative estimate of drug-likeness (QED) is 0.624. The summed E-state index contributed by atoms with van der Waals surface area (Å²) in [5, 5.41) is 0. The number of carbonyl (C=O) groups excluding carboxylic acids is 2. The first-order valence-corrected chi connectivity index (χ1v) is 8.69. The monoisotopic (exact) mass is 317 g/mol. The minimum absolute atomic E-state index is 0.0318. The minimum Gasteiger partial charge on any atom is -0.273 e. The molecule has 2 N–H and O–H groups in total. The van der Waals surface area contributed by atoms with Crippen LogP contribution in [0.2, 0.25) is 0 Å². The Morgan fingerprint density at radius 1 is 1.09 bits per heavy atom. The lowest BCUT2D eigenvalue weighted by Crippen LogP contribution is -2.50. The molecule has 0 unspecified atom stereocenters. The number of hydrazine groups is 1. The highest BCUT2D eigenvalue weighted by Crippen LogP contribution is 2.40. The van der Waals surface area contributed by atoms with Gasteiger partial charge in [0.25, 0.3) is 5.91 Å². The van der Waals surface area contributed by atoms with Crippen LogP contribution in [0, 0.1) is 5.41 Å². The van der Waals surface area contributed by atoms with E-state index in [9.17, 15) is 9.59 Å². The van der Waals surface area contributed by atoms with Crippen molar-refractivity contribution in [3.05, 3.63) is 30.1 Å². The number of rotatable bonds is 6. The fraction of sp³-hybridized carbons (Fsp3) is 0.611. The van der Waals surface area contributed by atoms with Crippen LogP contribution in [0.25, 0.3) is 0 Å². The van der Waals surface area contributed by atoms with Crippen molar-refractivity contribution in [2.24, 2.45) is 5.41 Å². The normalized spacial score (nSPS) is 16.6. The van der Waals surface area contributed by atoms with Crippen molar-refractivity contribution in [3.63, 3.8) is 0 Å². The maximum Gasteiger partial charge on any atom is 0.269 e. The molecule has 0 saturated heterocycles. The maximum absolute atomic E-state index is 12.7. The third-order valence-electron chi connectivity index (χ3n) is 4.78. The third kappa shape index (κ3) is 4.78. The molecule has 1 saturated carbocycles. The summed E-state index contributed by atoms with van der Waals surface area (Å²) in [5.74, 6) is -0.337. The van der Waals surface area contributed by atoms with Gasteiger partial charge in [-0.15, -0.1) is 0 Å². The van der Waals surface area contributed by atoms with E-state index in [4.69, 9.17) is 0 Å². The molecule has 1 aromatic heterocycles. The van der Waals surface area contributed by atoms with Gasteiger partial charge in [-0.1, -0.05) is 45.4 Å².